The van der Waals surface area contributed by atoms with E-state index in [0.717, 1.165) is 0 Å². The molecule has 2 aromatic rings. The Morgan fingerprint density at radius 1 is 0.541 bits per heavy atom. The molecular weight excluding hydrogens is 804 g/mol. The lowest BCUT2D eigenvalue weighted by molar-refractivity contribution is -0.143. The summed E-state index contributed by atoms with van der Waals surface area (Å²) in [6.45, 7) is 1.51. The van der Waals surface area contributed by atoms with Crippen LogP contribution in [-0.2, 0) is 51.2 Å². The Morgan fingerprint density at radius 3 is 1.34 bits per heavy atom. The van der Waals surface area contributed by atoms with Crippen molar-refractivity contribution in [3.8, 4) is 11.5 Å². The number of hydrogen-bond acceptors (Lipinski definition) is 14. The number of amides is 6. The fourth-order valence-electron chi connectivity index (χ4n) is 5.61. The highest BCUT2D eigenvalue weighted by atomic mass is 16.4. The molecule has 0 saturated carbocycles. The van der Waals surface area contributed by atoms with Gasteiger partial charge in [-0.25, -0.2) is 4.79 Å². The van der Waals surface area contributed by atoms with Crippen LogP contribution in [0.15, 0.2) is 48.5 Å². The Labute approximate surface area is 350 Å². The van der Waals surface area contributed by atoms with Gasteiger partial charge in [-0.05, 0) is 67.1 Å². The molecule has 0 aliphatic heterocycles. The first kappa shape index (κ1) is 50.8. The molecule has 0 aromatic heterocycles. The van der Waals surface area contributed by atoms with E-state index in [0.29, 0.717) is 30.5 Å². The molecule has 0 bridgehead atoms. The van der Waals surface area contributed by atoms with Crippen molar-refractivity contribution < 1.29 is 69.0 Å². The molecule has 0 heterocycles. The molecule has 7 atom stereocenters. The monoisotopic (exact) mass is 860 g/mol. The van der Waals surface area contributed by atoms with Crippen LogP contribution in [0, 0.1) is 5.92 Å². The van der Waals surface area contributed by atoms with E-state index in [1.165, 1.54) is 48.5 Å². The second-order valence-corrected chi connectivity index (χ2v) is 14.5. The van der Waals surface area contributed by atoms with Gasteiger partial charge in [0.1, 0.15) is 47.8 Å². The number of rotatable bonds is 26. The van der Waals surface area contributed by atoms with E-state index in [1.807, 2.05) is 0 Å². The van der Waals surface area contributed by atoms with Crippen LogP contribution in [0.25, 0.3) is 0 Å². The first-order valence-corrected chi connectivity index (χ1v) is 19.3. The van der Waals surface area contributed by atoms with Gasteiger partial charge in [-0.2, -0.15) is 0 Å². The lowest BCUT2D eigenvalue weighted by atomic mass is 10.0. The van der Waals surface area contributed by atoms with Gasteiger partial charge in [-0.1, -0.05) is 38.1 Å². The van der Waals surface area contributed by atoms with Crippen LogP contribution in [-0.4, -0.2) is 140 Å². The number of aromatic hydroxyl groups is 2. The predicted molar refractivity (Wildman–Crippen MR) is 215 cm³/mol. The molecule has 0 aliphatic rings. The summed E-state index contributed by atoms with van der Waals surface area (Å²) in [6, 6.07) is 0.0667. The quantitative estimate of drug-likeness (QED) is 0.0407. The van der Waals surface area contributed by atoms with Crippen LogP contribution >= 0.6 is 0 Å². The molecule has 22 heteroatoms. The van der Waals surface area contributed by atoms with Crippen LogP contribution in [0.3, 0.4) is 0 Å². The number of carbonyl (C=O) groups is 8. The Hall–Kier alpha value is -6.36. The summed E-state index contributed by atoms with van der Waals surface area (Å²) in [5, 5.41) is 72.2. The summed E-state index contributed by atoms with van der Waals surface area (Å²) < 4.78 is 0. The van der Waals surface area contributed by atoms with Gasteiger partial charge in [0, 0.05) is 12.8 Å². The zero-order valence-electron chi connectivity index (χ0n) is 33.7. The molecule has 0 unspecified atom stereocenters. The molecule has 0 saturated heterocycles. The summed E-state index contributed by atoms with van der Waals surface area (Å²) in [6.07, 6.45) is -0.530. The molecular formula is C39H56N8O14. The van der Waals surface area contributed by atoms with E-state index < -0.39 is 109 Å². The topological polar surface area (TPSA) is 382 Å². The first-order chi connectivity index (χ1) is 28.8. The van der Waals surface area contributed by atoms with E-state index in [2.05, 4.69) is 31.9 Å². The average molecular weight is 861 g/mol. The lowest BCUT2D eigenvalue weighted by Crippen LogP contribution is -2.61. The number of aliphatic hydroxyl groups excluding tert-OH is 2. The van der Waals surface area contributed by atoms with E-state index in [9.17, 15) is 69.0 Å². The van der Waals surface area contributed by atoms with Crippen LogP contribution < -0.4 is 43.4 Å². The van der Waals surface area contributed by atoms with Crippen LogP contribution in [0.2, 0.25) is 0 Å². The highest BCUT2D eigenvalue weighted by molar-refractivity contribution is 5.98. The Balaban J connectivity index is 2.26. The van der Waals surface area contributed by atoms with Crippen LogP contribution in [0.1, 0.15) is 50.7 Å². The molecule has 2 aromatic carbocycles. The standard InChI is InChI=1S/C39H56N8O14/c1-20(2)32(41)38(59)42-25(5-3-4-14-40)33(54)43-26(15-21-6-10-23(50)11-7-21)34(55)46-30(19-49)37(58)47-29(18-48)36(57)44-27(17-31(52)53)35(56)45-28(39(60)61)16-22-8-12-24(51)13-9-22/h6-13,20,25-30,32,48-51H,3-5,14-19,40-41H2,1-2H3,(H,42,59)(H,43,54)(H,44,57)(H,45,56)(H,46,55)(H,47,58)(H,52,53)(H,60,61)/t25-,26-,27-,28-,29-,30-,32-/m0/s1. The maximum absolute atomic E-state index is 13.7. The van der Waals surface area contributed by atoms with Crippen molar-refractivity contribution in [2.75, 3.05) is 19.8 Å². The average Bonchev–Trinajstić information content (AvgIpc) is 3.21. The van der Waals surface area contributed by atoms with Gasteiger partial charge in [0.15, 0.2) is 0 Å². The highest BCUT2D eigenvalue weighted by Gasteiger charge is 2.34. The lowest BCUT2D eigenvalue weighted by Gasteiger charge is -2.27. The van der Waals surface area contributed by atoms with Crippen LogP contribution in [0.4, 0.5) is 0 Å². The number of carboxylic acid groups (broad SMARTS) is 2. The molecule has 336 valence electrons. The Morgan fingerprint density at radius 2 is 0.918 bits per heavy atom. The molecule has 16 N–H and O–H groups in total. The fraction of sp³-hybridized carbons (Fsp3) is 0.487. The van der Waals surface area contributed by atoms with Crippen molar-refractivity contribution in [3.63, 3.8) is 0 Å². The zero-order valence-corrected chi connectivity index (χ0v) is 33.7. The minimum Gasteiger partial charge on any atom is -0.508 e. The van der Waals surface area contributed by atoms with E-state index >= 15 is 0 Å². The third-order valence-electron chi connectivity index (χ3n) is 9.24. The number of hydrogen-bond donors (Lipinski definition) is 14. The van der Waals surface area contributed by atoms with E-state index in [4.69, 9.17) is 11.5 Å². The minimum atomic E-state index is -1.92. The zero-order chi connectivity index (χ0) is 45.8. The van der Waals surface area contributed by atoms with E-state index in [1.54, 1.807) is 13.8 Å². The third kappa shape index (κ3) is 17.4. The van der Waals surface area contributed by atoms with Gasteiger partial charge < -0.3 is 74.0 Å². The summed E-state index contributed by atoms with van der Waals surface area (Å²) in [4.78, 5) is 103. The molecule has 6 amide bonds. The van der Waals surface area contributed by atoms with Gasteiger partial charge in [0.2, 0.25) is 35.4 Å². The number of phenolic OH excluding ortho intramolecular Hbond substituents is 2. The number of aliphatic carboxylic acids is 2. The molecule has 2 rings (SSSR count). The normalized spacial score (nSPS) is 14.5. The number of carbonyl (C=O) groups excluding carboxylic acids is 6. The van der Waals surface area contributed by atoms with Gasteiger partial charge >= 0.3 is 11.9 Å². The summed E-state index contributed by atoms with van der Waals surface area (Å²) in [5.74, 6) is -9.79. The van der Waals surface area contributed by atoms with Crippen LogP contribution in [0.5, 0.6) is 11.5 Å². The Kier molecular flexibility index (Phi) is 21.1. The summed E-state index contributed by atoms with van der Waals surface area (Å²) in [5.41, 5.74) is 12.4. The maximum atomic E-state index is 13.7. The van der Waals surface area contributed by atoms with Gasteiger partial charge in [-0.3, -0.25) is 33.6 Å². The largest absolute Gasteiger partial charge is 0.508 e. The maximum Gasteiger partial charge on any atom is 0.326 e. The molecule has 0 radical (unpaired) electrons. The second-order valence-electron chi connectivity index (χ2n) is 14.5. The molecule has 0 spiro atoms. The Bertz CT molecular complexity index is 1810. The minimum absolute atomic E-state index is 0.0950. The smallest absolute Gasteiger partial charge is 0.326 e. The number of unbranched alkanes of at least 4 members (excludes halogenated alkanes) is 1. The number of carboxylic acids is 2. The third-order valence-corrected chi connectivity index (χ3v) is 9.24. The van der Waals surface area contributed by atoms with Crippen molar-refractivity contribution in [2.45, 2.75) is 94.7 Å². The van der Waals surface area contributed by atoms with Crippen molar-refractivity contribution in [1.82, 2.24) is 31.9 Å². The highest BCUT2D eigenvalue weighted by Crippen LogP contribution is 2.14. The summed E-state index contributed by atoms with van der Waals surface area (Å²) >= 11 is 0. The second kappa shape index (κ2) is 25.3. The molecule has 0 aliphatic carbocycles. The number of benzene rings is 2. The number of nitrogens with one attached hydrogen (secondary N) is 6. The number of aliphatic hydroxyl groups is 2. The number of nitrogens with two attached hydrogens (primary N) is 2. The van der Waals surface area contributed by atoms with Crippen molar-refractivity contribution in [1.29, 1.82) is 0 Å². The van der Waals surface area contributed by atoms with Crippen molar-refractivity contribution in [3.05, 3.63) is 59.7 Å². The van der Waals surface area contributed by atoms with Gasteiger partial charge in [0.05, 0.1) is 25.7 Å². The number of phenols is 2. The predicted octanol–water partition coefficient (Wildman–Crippen LogP) is -3.55. The van der Waals surface area contributed by atoms with Gasteiger partial charge in [0.25, 0.3) is 0 Å². The molecule has 0 fully saturated rings. The van der Waals surface area contributed by atoms with Gasteiger partial charge in [-0.15, -0.1) is 0 Å². The molecule has 22 nitrogen and oxygen atoms in total. The van der Waals surface area contributed by atoms with E-state index in [-0.39, 0.29) is 36.7 Å². The fourth-order valence-corrected chi connectivity index (χ4v) is 5.61. The SMILES string of the molecule is CC(C)[C@H](N)C(=O)N[C@@H](CCCCN)C(=O)N[C@@H](Cc1ccc(O)cc1)C(=O)N[C@@H](CO)C(=O)N[C@@H](CO)C(=O)N[C@@H](CC(=O)O)C(=O)N[C@@H](Cc1ccc(O)cc1)C(=O)O. The van der Waals surface area contributed by atoms with Crippen molar-refractivity contribution in [2.24, 2.45) is 17.4 Å². The molecule has 61 heavy (non-hydrogen) atoms. The van der Waals surface area contributed by atoms with Crippen molar-refractivity contribution >= 4 is 47.4 Å². The summed E-state index contributed by atoms with van der Waals surface area (Å²) in [7, 11) is 0. The first-order valence-electron chi connectivity index (χ1n) is 19.3.